The standard InChI is InChI=1S/C25H25NO5/c1-17-9-7-14-22(18(17)2)30-16-23(27)31-24(19-10-5-4-6-11-19)25(28)26-20-12-8-13-21(15-20)29-3/h4-15,24H,16H2,1-3H3,(H,26,28)/t24-/m1/s1. The molecule has 31 heavy (non-hydrogen) atoms. The van der Waals surface area contributed by atoms with Crippen LogP contribution in [-0.4, -0.2) is 25.6 Å². The normalized spacial score (nSPS) is 11.3. The molecule has 3 aromatic rings. The van der Waals surface area contributed by atoms with Gasteiger partial charge in [-0.15, -0.1) is 0 Å². The van der Waals surface area contributed by atoms with E-state index in [9.17, 15) is 9.59 Å². The molecule has 0 aromatic heterocycles. The highest BCUT2D eigenvalue weighted by Gasteiger charge is 2.25. The Hall–Kier alpha value is -3.80. The van der Waals surface area contributed by atoms with Gasteiger partial charge in [-0.2, -0.15) is 0 Å². The number of hydrogen-bond donors (Lipinski definition) is 1. The summed E-state index contributed by atoms with van der Waals surface area (Å²) in [4.78, 5) is 25.5. The van der Waals surface area contributed by atoms with E-state index in [1.165, 1.54) is 0 Å². The molecule has 0 spiro atoms. The van der Waals surface area contributed by atoms with Crippen LogP contribution in [0.3, 0.4) is 0 Å². The van der Waals surface area contributed by atoms with E-state index in [0.717, 1.165) is 11.1 Å². The third kappa shape index (κ3) is 5.85. The van der Waals surface area contributed by atoms with Crippen LogP contribution in [-0.2, 0) is 14.3 Å². The van der Waals surface area contributed by atoms with Crippen molar-refractivity contribution in [3.05, 3.63) is 89.5 Å². The number of methoxy groups -OCH3 is 1. The molecule has 6 heteroatoms. The molecule has 6 nitrogen and oxygen atoms in total. The van der Waals surface area contributed by atoms with Crippen molar-refractivity contribution in [1.29, 1.82) is 0 Å². The highest BCUT2D eigenvalue weighted by Crippen LogP contribution is 2.24. The van der Waals surface area contributed by atoms with E-state index < -0.39 is 18.0 Å². The Labute approximate surface area is 181 Å². The van der Waals surface area contributed by atoms with Gasteiger partial charge in [-0.1, -0.05) is 48.5 Å². The van der Waals surface area contributed by atoms with Gasteiger partial charge in [-0.25, -0.2) is 4.79 Å². The van der Waals surface area contributed by atoms with Gasteiger partial charge in [0.05, 0.1) is 7.11 Å². The van der Waals surface area contributed by atoms with Crippen LogP contribution < -0.4 is 14.8 Å². The van der Waals surface area contributed by atoms with Gasteiger partial charge in [0.15, 0.2) is 6.61 Å². The molecule has 0 fully saturated rings. The Morgan fingerprint density at radius 1 is 0.935 bits per heavy atom. The zero-order valence-electron chi connectivity index (χ0n) is 17.8. The van der Waals surface area contributed by atoms with Gasteiger partial charge >= 0.3 is 5.97 Å². The number of amides is 1. The summed E-state index contributed by atoms with van der Waals surface area (Å²) in [6, 6.07) is 21.4. The lowest BCUT2D eigenvalue weighted by atomic mass is 10.1. The maximum absolute atomic E-state index is 13.0. The van der Waals surface area contributed by atoms with Gasteiger partial charge in [0, 0.05) is 17.3 Å². The first-order valence-corrected chi connectivity index (χ1v) is 9.86. The molecule has 1 N–H and O–H groups in total. The van der Waals surface area contributed by atoms with E-state index in [2.05, 4.69) is 5.32 Å². The van der Waals surface area contributed by atoms with Crippen molar-refractivity contribution in [3.63, 3.8) is 0 Å². The molecule has 0 unspecified atom stereocenters. The van der Waals surface area contributed by atoms with E-state index in [0.29, 0.717) is 22.7 Å². The molecule has 3 rings (SSSR count). The summed E-state index contributed by atoms with van der Waals surface area (Å²) < 4.78 is 16.3. The summed E-state index contributed by atoms with van der Waals surface area (Å²) in [5, 5.41) is 2.77. The first-order chi connectivity index (χ1) is 15.0. The molecule has 0 saturated heterocycles. The predicted molar refractivity (Wildman–Crippen MR) is 118 cm³/mol. The minimum absolute atomic E-state index is 0.305. The molecule has 3 aromatic carbocycles. The molecular formula is C25H25NO5. The molecule has 0 saturated carbocycles. The summed E-state index contributed by atoms with van der Waals surface area (Å²) in [5.41, 5.74) is 3.10. The molecule has 1 amide bonds. The van der Waals surface area contributed by atoms with Crippen molar-refractivity contribution in [3.8, 4) is 11.5 Å². The molecule has 0 heterocycles. The third-order valence-corrected chi connectivity index (χ3v) is 4.83. The van der Waals surface area contributed by atoms with Gasteiger partial charge in [-0.05, 0) is 43.2 Å². The zero-order chi connectivity index (χ0) is 22.2. The molecule has 0 aliphatic carbocycles. The van der Waals surface area contributed by atoms with Crippen LogP contribution in [0.4, 0.5) is 5.69 Å². The Balaban J connectivity index is 1.72. The number of rotatable bonds is 8. The highest BCUT2D eigenvalue weighted by atomic mass is 16.6. The van der Waals surface area contributed by atoms with Gasteiger partial charge in [0.1, 0.15) is 11.5 Å². The fourth-order valence-electron chi connectivity index (χ4n) is 2.99. The SMILES string of the molecule is COc1cccc(NC(=O)[C@H](OC(=O)COc2cccc(C)c2C)c2ccccc2)c1. The maximum atomic E-state index is 13.0. The molecule has 0 radical (unpaired) electrons. The number of nitrogens with one attached hydrogen (secondary N) is 1. The van der Waals surface area contributed by atoms with Gasteiger partial charge in [0.25, 0.3) is 5.91 Å². The average Bonchev–Trinajstić information content (AvgIpc) is 2.79. The minimum atomic E-state index is -1.12. The van der Waals surface area contributed by atoms with E-state index in [1.807, 2.05) is 32.0 Å². The van der Waals surface area contributed by atoms with Crippen molar-refractivity contribution in [2.45, 2.75) is 20.0 Å². The first kappa shape index (κ1) is 21.9. The van der Waals surface area contributed by atoms with E-state index in [-0.39, 0.29) is 6.61 Å². The predicted octanol–water partition coefficient (Wildman–Crippen LogP) is 4.61. The van der Waals surface area contributed by atoms with Crippen molar-refractivity contribution in [2.75, 3.05) is 19.0 Å². The summed E-state index contributed by atoms with van der Waals surface area (Å²) in [6.07, 6.45) is -1.12. The average molecular weight is 419 g/mol. The molecule has 0 bridgehead atoms. The Morgan fingerprint density at radius 2 is 1.68 bits per heavy atom. The summed E-state index contributed by atoms with van der Waals surface area (Å²) in [7, 11) is 1.55. The molecular weight excluding hydrogens is 394 g/mol. The summed E-state index contributed by atoms with van der Waals surface area (Å²) in [5.74, 6) is 0.0946. The lowest BCUT2D eigenvalue weighted by Crippen LogP contribution is -2.28. The highest BCUT2D eigenvalue weighted by molar-refractivity contribution is 5.96. The Morgan fingerprint density at radius 3 is 2.42 bits per heavy atom. The fourth-order valence-corrected chi connectivity index (χ4v) is 2.99. The largest absolute Gasteiger partial charge is 0.497 e. The Kier molecular flexibility index (Phi) is 7.27. The van der Waals surface area contributed by atoms with Crippen LogP contribution >= 0.6 is 0 Å². The number of ether oxygens (including phenoxy) is 3. The second-order valence-electron chi connectivity index (χ2n) is 6.99. The van der Waals surface area contributed by atoms with Gasteiger partial charge in [0.2, 0.25) is 6.10 Å². The summed E-state index contributed by atoms with van der Waals surface area (Å²) >= 11 is 0. The van der Waals surface area contributed by atoms with Crippen LogP contribution in [0.5, 0.6) is 11.5 Å². The zero-order valence-corrected chi connectivity index (χ0v) is 17.8. The van der Waals surface area contributed by atoms with Crippen LogP contribution in [0.25, 0.3) is 0 Å². The van der Waals surface area contributed by atoms with Crippen LogP contribution in [0.15, 0.2) is 72.8 Å². The smallest absolute Gasteiger partial charge is 0.345 e. The molecule has 0 aliphatic heterocycles. The maximum Gasteiger partial charge on any atom is 0.345 e. The topological polar surface area (TPSA) is 73.9 Å². The van der Waals surface area contributed by atoms with Gasteiger partial charge in [-0.3, -0.25) is 4.79 Å². The van der Waals surface area contributed by atoms with Crippen LogP contribution in [0.1, 0.15) is 22.8 Å². The van der Waals surface area contributed by atoms with Gasteiger partial charge < -0.3 is 19.5 Å². The van der Waals surface area contributed by atoms with E-state index >= 15 is 0 Å². The van der Waals surface area contributed by atoms with E-state index in [4.69, 9.17) is 14.2 Å². The fraction of sp³-hybridized carbons (Fsp3) is 0.200. The lowest BCUT2D eigenvalue weighted by molar-refractivity contribution is -0.156. The number of esters is 1. The number of benzene rings is 3. The number of carbonyl (C=O) groups is 2. The lowest BCUT2D eigenvalue weighted by Gasteiger charge is -2.19. The quantitative estimate of drug-likeness (QED) is 0.540. The molecule has 1 atom stereocenters. The number of aryl methyl sites for hydroxylation is 1. The van der Waals surface area contributed by atoms with Crippen molar-refractivity contribution < 1.29 is 23.8 Å². The van der Waals surface area contributed by atoms with Crippen LogP contribution in [0.2, 0.25) is 0 Å². The number of hydrogen-bond acceptors (Lipinski definition) is 5. The van der Waals surface area contributed by atoms with E-state index in [1.54, 1.807) is 61.7 Å². The molecule has 0 aliphatic rings. The number of anilines is 1. The third-order valence-electron chi connectivity index (χ3n) is 4.83. The summed E-state index contributed by atoms with van der Waals surface area (Å²) in [6.45, 7) is 3.58. The van der Waals surface area contributed by atoms with Crippen molar-refractivity contribution >= 4 is 17.6 Å². The van der Waals surface area contributed by atoms with Crippen molar-refractivity contribution in [2.24, 2.45) is 0 Å². The second-order valence-corrected chi connectivity index (χ2v) is 6.99. The second kappa shape index (κ2) is 10.3. The van der Waals surface area contributed by atoms with Crippen molar-refractivity contribution in [1.82, 2.24) is 0 Å². The first-order valence-electron chi connectivity index (χ1n) is 9.86. The molecule has 160 valence electrons. The number of carbonyl (C=O) groups excluding carboxylic acids is 2. The monoisotopic (exact) mass is 419 g/mol. The van der Waals surface area contributed by atoms with Crippen LogP contribution in [0, 0.1) is 13.8 Å². The minimum Gasteiger partial charge on any atom is -0.497 e. The Bertz CT molecular complexity index is 1050.